The van der Waals surface area contributed by atoms with Crippen molar-refractivity contribution in [1.29, 1.82) is 0 Å². The van der Waals surface area contributed by atoms with Gasteiger partial charge in [-0.05, 0) is 49.9 Å². The van der Waals surface area contributed by atoms with Crippen LogP contribution >= 0.6 is 11.6 Å². The van der Waals surface area contributed by atoms with Gasteiger partial charge >= 0.3 is 6.09 Å². The average Bonchev–Trinajstić information content (AvgIpc) is 2.64. The van der Waals surface area contributed by atoms with Crippen LogP contribution in [-0.4, -0.2) is 48.5 Å². The van der Waals surface area contributed by atoms with Gasteiger partial charge in [-0.3, -0.25) is 9.59 Å². The highest BCUT2D eigenvalue weighted by Gasteiger charge is 2.25. The molecule has 1 saturated heterocycles. The van der Waals surface area contributed by atoms with Crippen LogP contribution in [0.2, 0.25) is 5.02 Å². The van der Waals surface area contributed by atoms with Gasteiger partial charge in [-0.1, -0.05) is 18.5 Å². The van der Waals surface area contributed by atoms with Crippen LogP contribution < -0.4 is 10.6 Å². The van der Waals surface area contributed by atoms with E-state index in [0.717, 1.165) is 0 Å². The van der Waals surface area contributed by atoms with Crippen LogP contribution in [0.25, 0.3) is 0 Å². The molecule has 1 heterocycles. The highest BCUT2D eigenvalue weighted by atomic mass is 35.5. The van der Waals surface area contributed by atoms with Gasteiger partial charge in [0.05, 0.1) is 6.61 Å². The summed E-state index contributed by atoms with van der Waals surface area (Å²) in [5, 5.41) is 6.42. The summed E-state index contributed by atoms with van der Waals surface area (Å²) >= 11 is 5.82. The second-order valence-corrected chi connectivity index (χ2v) is 7.53. The molecule has 0 spiro atoms. The molecule has 1 aromatic carbocycles. The fourth-order valence-corrected chi connectivity index (χ4v) is 3.28. The number of nitrogens with one attached hydrogen (secondary N) is 2. The SMILES string of the molecule is CCOC(=O)N1CCC(NC(=O)CC(C)CC(=O)Nc2ccc(Cl)cc2)CC1. The molecule has 1 unspecified atom stereocenters. The van der Waals surface area contributed by atoms with E-state index in [1.165, 1.54) is 0 Å². The van der Waals surface area contributed by atoms with Crippen molar-refractivity contribution in [3.63, 3.8) is 0 Å². The molecule has 1 fully saturated rings. The first-order chi connectivity index (χ1) is 13.4. The lowest BCUT2D eigenvalue weighted by Gasteiger charge is -2.31. The molecule has 0 aromatic heterocycles. The summed E-state index contributed by atoms with van der Waals surface area (Å²) in [5.41, 5.74) is 0.680. The summed E-state index contributed by atoms with van der Waals surface area (Å²) in [6, 6.07) is 6.94. The molecule has 2 N–H and O–H groups in total. The summed E-state index contributed by atoms with van der Waals surface area (Å²) in [6.07, 6.45) is 1.66. The number of carbonyl (C=O) groups is 3. The second kappa shape index (κ2) is 10.9. The van der Waals surface area contributed by atoms with Gasteiger partial charge in [-0.2, -0.15) is 0 Å². The topological polar surface area (TPSA) is 87.7 Å². The number of piperidine rings is 1. The summed E-state index contributed by atoms with van der Waals surface area (Å²) in [6.45, 7) is 5.16. The first-order valence-corrected chi connectivity index (χ1v) is 10.0. The standard InChI is InChI=1S/C20H28ClN3O4/c1-3-28-20(27)24-10-8-17(9-11-24)23-19(26)13-14(2)12-18(25)22-16-6-4-15(21)5-7-16/h4-7,14,17H,3,8-13H2,1-2H3,(H,22,25)(H,23,26). The highest BCUT2D eigenvalue weighted by molar-refractivity contribution is 6.30. The first kappa shape index (κ1) is 22.0. The Hall–Kier alpha value is -2.28. The van der Waals surface area contributed by atoms with Gasteiger partial charge in [0, 0.05) is 42.7 Å². The number of nitrogens with zero attached hydrogens (tertiary/aromatic N) is 1. The molecule has 1 atom stereocenters. The number of benzene rings is 1. The van der Waals surface area contributed by atoms with E-state index >= 15 is 0 Å². The number of halogens is 1. The molecule has 3 amide bonds. The number of amides is 3. The van der Waals surface area contributed by atoms with E-state index in [4.69, 9.17) is 16.3 Å². The van der Waals surface area contributed by atoms with Crippen molar-refractivity contribution in [2.24, 2.45) is 5.92 Å². The first-order valence-electron chi connectivity index (χ1n) is 9.63. The Morgan fingerprint density at radius 1 is 1.14 bits per heavy atom. The van der Waals surface area contributed by atoms with Crippen LogP contribution in [0, 0.1) is 5.92 Å². The maximum absolute atomic E-state index is 12.3. The van der Waals surface area contributed by atoms with E-state index < -0.39 is 0 Å². The summed E-state index contributed by atoms with van der Waals surface area (Å²) in [4.78, 5) is 37.7. The lowest BCUT2D eigenvalue weighted by atomic mass is 10.0. The van der Waals surface area contributed by atoms with E-state index in [1.54, 1.807) is 36.1 Å². The quantitative estimate of drug-likeness (QED) is 0.722. The molecule has 8 heteroatoms. The third kappa shape index (κ3) is 7.38. The Kier molecular flexibility index (Phi) is 8.57. The van der Waals surface area contributed by atoms with E-state index in [2.05, 4.69) is 10.6 Å². The Morgan fingerprint density at radius 2 is 1.75 bits per heavy atom. The van der Waals surface area contributed by atoms with Crippen molar-refractivity contribution in [1.82, 2.24) is 10.2 Å². The van der Waals surface area contributed by atoms with Crippen LogP contribution in [0.3, 0.4) is 0 Å². The van der Waals surface area contributed by atoms with Crippen LogP contribution in [-0.2, 0) is 14.3 Å². The third-order valence-electron chi connectivity index (χ3n) is 4.58. The van der Waals surface area contributed by atoms with Gasteiger partial charge in [0.1, 0.15) is 0 Å². The molecule has 0 aliphatic carbocycles. The van der Waals surface area contributed by atoms with Crippen LogP contribution in [0.1, 0.15) is 39.5 Å². The fraction of sp³-hybridized carbons (Fsp3) is 0.550. The molecule has 1 aliphatic rings. The lowest BCUT2D eigenvalue weighted by Crippen LogP contribution is -2.46. The minimum Gasteiger partial charge on any atom is -0.450 e. The van der Waals surface area contributed by atoms with Crippen molar-refractivity contribution in [2.75, 3.05) is 25.0 Å². The summed E-state index contributed by atoms with van der Waals surface area (Å²) < 4.78 is 4.99. The van der Waals surface area contributed by atoms with Gasteiger partial charge in [0.15, 0.2) is 0 Å². The normalized spacial score (nSPS) is 15.6. The Bertz CT molecular complexity index is 673. The molecule has 154 valence electrons. The van der Waals surface area contributed by atoms with Crippen molar-refractivity contribution in [2.45, 2.75) is 45.6 Å². The molecule has 0 radical (unpaired) electrons. The second-order valence-electron chi connectivity index (χ2n) is 7.10. The fourth-order valence-electron chi connectivity index (χ4n) is 3.16. The third-order valence-corrected chi connectivity index (χ3v) is 4.83. The van der Waals surface area contributed by atoms with Gasteiger partial charge in [-0.25, -0.2) is 4.79 Å². The summed E-state index contributed by atoms with van der Waals surface area (Å²) in [5.74, 6) is -0.279. The number of hydrogen-bond donors (Lipinski definition) is 2. The number of anilines is 1. The number of likely N-dealkylation sites (tertiary alicyclic amines) is 1. The Labute approximate surface area is 170 Å². The number of hydrogen-bond acceptors (Lipinski definition) is 4. The van der Waals surface area contributed by atoms with E-state index in [9.17, 15) is 14.4 Å². The minimum atomic E-state index is -0.299. The highest BCUT2D eigenvalue weighted by Crippen LogP contribution is 2.16. The molecule has 1 aliphatic heterocycles. The molecule has 0 saturated carbocycles. The lowest BCUT2D eigenvalue weighted by molar-refractivity contribution is -0.123. The maximum Gasteiger partial charge on any atom is 0.409 e. The van der Waals surface area contributed by atoms with Gasteiger partial charge in [0.2, 0.25) is 11.8 Å². The van der Waals surface area contributed by atoms with Crippen molar-refractivity contribution in [3.8, 4) is 0 Å². The zero-order valence-electron chi connectivity index (χ0n) is 16.4. The number of rotatable bonds is 7. The van der Waals surface area contributed by atoms with Crippen LogP contribution in [0.5, 0.6) is 0 Å². The van der Waals surface area contributed by atoms with Crippen molar-refractivity contribution < 1.29 is 19.1 Å². The average molecular weight is 410 g/mol. The Morgan fingerprint density at radius 3 is 2.36 bits per heavy atom. The number of carbonyl (C=O) groups excluding carboxylic acids is 3. The van der Waals surface area contributed by atoms with E-state index in [-0.39, 0.29) is 42.7 Å². The van der Waals surface area contributed by atoms with Crippen LogP contribution in [0.4, 0.5) is 10.5 Å². The zero-order valence-corrected chi connectivity index (χ0v) is 17.1. The van der Waals surface area contributed by atoms with Gasteiger partial charge in [0.25, 0.3) is 0 Å². The van der Waals surface area contributed by atoms with Crippen molar-refractivity contribution >= 4 is 35.2 Å². The molecule has 0 bridgehead atoms. The predicted octanol–water partition coefficient (Wildman–Crippen LogP) is 3.43. The van der Waals surface area contributed by atoms with Gasteiger partial charge < -0.3 is 20.3 Å². The molecule has 28 heavy (non-hydrogen) atoms. The molecule has 7 nitrogen and oxygen atoms in total. The maximum atomic E-state index is 12.3. The summed E-state index contributed by atoms with van der Waals surface area (Å²) in [7, 11) is 0. The van der Waals surface area contributed by atoms with Gasteiger partial charge in [-0.15, -0.1) is 0 Å². The van der Waals surface area contributed by atoms with E-state index in [1.807, 2.05) is 6.92 Å². The largest absolute Gasteiger partial charge is 0.450 e. The minimum absolute atomic E-state index is 0.0493. The predicted molar refractivity (Wildman–Crippen MR) is 108 cm³/mol. The smallest absolute Gasteiger partial charge is 0.409 e. The zero-order chi connectivity index (χ0) is 20.5. The molecule has 1 aromatic rings. The molecule has 2 rings (SSSR count). The Balaban J connectivity index is 1.67. The van der Waals surface area contributed by atoms with E-state index in [0.29, 0.717) is 43.2 Å². The number of ether oxygens (including phenoxy) is 1. The molecular formula is C20H28ClN3O4. The van der Waals surface area contributed by atoms with Crippen molar-refractivity contribution in [3.05, 3.63) is 29.3 Å². The monoisotopic (exact) mass is 409 g/mol. The van der Waals surface area contributed by atoms with Crippen LogP contribution in [0.15, 0.2) is 24.3 Å². The molecular weight excluding hydrogens is 382 g/mol.